The number of carboxylic acid groups (broad SMARTS) is 3. The maximum atomic E-state index is 11.0. The van der Waals surface area contributed by atoms with E-state index in [9.17, 15) is 14.4 Å². The minimum Gasteiger partial charge on any atom is -0.481 e. The molecule has 0 spiro atoms. The summed E-state index contributed by atoms with van der Waals surface area (Å²) in [5.41, 5.74) is 7.99. The predicted octanol–water partition coefficient (Wildman–Crippen LogP) is 8.11. The molecule has 3 N–H and O–H groups in total. The summed E-state index contributed by atoms with van der Waals surface area (Å²) in [4.78, 5) is 32.9. The molecule has 0 atom stereocenters. The second-order valence-corrected chi connectivity index (χ2v) is 9.87. The second kappa shape index (κ2) is 16.8. The fraction of sp³-hybridized carbons (Fsp3) is 0.132. The van der Waals surface area contributed by atoms with Crippen molar-refractivity contribution in [3.63, 3.8) is 0 Å². The largest absolute Gasteiger partial charge is 0.481 e. The molecule has 0 aliphatic heterocycles. The Kier molecular flexibility index (Phi) is 12.6. The summed E-state index contributed by atoms with van der Waals surface area (Å²) < 4.78 is 0. The highest BCUT2D eigenvalue weighted by Gasteiger charge is 2.02. The van der Waals surface area contributed by atoms with Crippen LogP contribution in [-0.4, -0.2) is 33.2 Å². The number of rotatable bonds is 12. The van der Waals surface area contributed by atoms with Crippen LogP contribution >= 0.6 is 0 Å². The summed E-state index contributed by atoms with van der Waals surface area (Å²) in [6.45, 7) is 4.00. The monoisotopic (exact) mass is 588 g/mol. The van der Waals surface area contributed by atoms with Gasteiger partial charge in [0.15, 0.2) is 0 Å². The standard InChI is InChI=1S/C36H30O6.C2H6/c37-34(38)22-28-10-1-25(2-11-28)7-16-31-19-32(17-8-26-3-12-29(13-4-26)23-35(39)40)21-33(20-31)18-9-27-5-14-30(15-6-27)24-36(41)42;1-2/h1-21H,22-24H2,(H,37,38)(H,39,40)(H,41,42);1-2H3/b16-7+,17-8+,18-9+;. The number of carbonyl (C=O) groups is 3. The van der Waals surface area contributed by atoms with Crippen molar-refractivity contribution in [1.29, 1.82) is 0 Å². The Hall–Kier alpha value is -5.49. The van der Waals surface area contributed by atoms with Crippen LogP contribution in [0.5, 0.6) is 0 Å². The van der Waals surface area contributed by atoms with Crippen molar-refractivity contribution in [2.45, 2.75) is 33.1 Å². The molecule has 6 nitrogen and oxygen atoms in total. The van der Waals surface area contributed by atoms with Gasteiger partial charge < -0.3 is 15.3 Å². The van der Waals surface area contributed by atoms with Crippen molar-refractivity contribution < 1.29 is 29.7 Å². The summed E-state index contributed by atoms with van der Waals surface area (Å²) in [5, 5.41) is 27.0. The van der Waals surface area contributed by atoms with Crippen LogP contribution in [0.25, 0.3) is 36.5 Å². The van der Waals surface area contributed by atoms with Crippen LogP contribution in [-0.2, 0) is 33.6 Å². The maximum Gasteiger partial charge on any atom is 0.307 e. The number of carboxylic acids is 3. The number of hydrogen-bond donors (Lipinski definition) is 3. The summed E-state index contributed by atoms with van der Waals surface area (Å²) in [7, 11) is 0. The molecule has 0 saturated carbocycles. The second-order valence-electron chi connectivity index (χ2n) is 9.87. The molecule has 0 amide bonds. The van der Waals surface area contributed by atoms with E-state index in [0.717, 1.165) is 50.1 Å². The normalized spacial score (nSPS) is 11.0. The highest BCUT2D eigenvalue weighted by atomic mass is 16.4. The van der Waals surface area contributed by atoms with Crippen molar-refractivity contribution >= 4 is 54.4 Å². The minimum absolute atomic E-state index is 0.0152. The van der Waals surface area contributed by atoms with Gasteiger partial charge in [0.1, 0.15) is 0 Å². The van der Waals surface area contributed by atoms with Crippen LogP contribution in [0.2, 0.25) is 0 Å². The molecular weight excluding hydrogens is 552 g/mol. The molecule has 0 fully saturated rings. The van der Waals surface area contributed by atoms with E-state index >= 15 is 0 Å². The van der Waals surface area contributed by atoms with Crippen LogP contribution in [0.15, 0.2) is 91.0 Å². The molecule has 4 rings (SSSR count). The Morgan fingerprint density at radius 3 is 0.818 bits per heavy atom. The number of aliphatic carboxylic acids is 3. The van der Waals surface area contributed by atoms with E-state index in [2.05, 4.69) is 18.2 Å². The molecule has 0 heterocycles. The van der Waals surface area contributed by atoms with Crippen LogP contribution in [0.3, 0.4) is 0 Å². The third-order valence-electron chi connectivity index (χ3n) is 6.41. The summed E-state index contributed by atoms with van der Waals surface area (Å²) in [5.74, 6) is -2.59. The zero-order chi connectivity index (χ0) is 31.9. The molecular formula is C38H36O6. The first-order valence-electron chi connectivity index (χ1n) is 14.3. The highest BCUT2D eigenvalue weighted by molar-refractivity contribution is 5.79. The van der Waals surface area contributed by atoms with E-state index in [0.29, 0.717) is 0 Å². The van der Waals surface area contributed by atoms with Gasteiger partial charge in [0.05, 0.1) is 19.3 Å². The van der Waals surface area contributed by atoms with Crippen LogP contribution < -0.4 is 0 Å². The predicted molar refractivity (Wildman–Crippen MR) is 178 cm³/mol. The molecule has 44 heavy (non-hydrogen) atoms. The van der Waals surface area contributed by atoms with E-state index in [1.165, 1.54) is 0 Å². The Morgan fingerprint density at radius 2 is 0.614 bits per heavy atom. The van der Waals surface area contributed by atoms with Gasteiger partial charge >= 0.3 is 17.9 Å². The molecule has 0 bridgehead atoms. The van der Waals surface area contributed by atoms with Crippen LogP contribution in [0.1, 0.15) is 63.9 Å². The smallest absolute Gasteiger partial charge is 0.307 e. The fourth-order valence-corrected chi connectivity index (χ4v) is 4.33. The summed E-state index contributed by atoms with van der Waals surface area (Å²) in [6.07, 6.45) is 11.9. The van der Waals surface area contributed by atoms with E-state index in [-0.39, 0.29) is 19.3 Å². The number of hydrogen-bond acceptors (Lipinski definition) is 3. The molecule has 6 heteroatoms. The highest BCUT2D eigenvalue weighted by Crippen LogP contribution is 2.20. The zero-order valence-corrected chi connectivity index (χ0v) is 24.8. The van der Waals surface area contributed by atoms with Crippen molar-refractivity contribution in [2.75, 3.05) is 0 Å². The van der Waals surface area contributed by atoms with Gasteiger partial charge in [0.2, 0.25) is 0 Å². The average Bonchev–Trinajstić information content (AvgIpc) is 3.00. The van der Waals surface area contributed by atoms with Gasteiger partial charge in [-0.2, -0.15) is 0 Å². The molecule has 0 aliphatic rings. The Balaban J connectivity index is 0.00000259. The molecule has 0 unspecified atom stereocenters. The number of benzene rings is 4. The Bertz CT molecular complexity index is 1430. The van der Waals surface area contributed by atoms with Crippen LogP contribution in [0.4, 0.5) is 0 Å². The zero-order valence-electron chi connectivity index (χ0n) is 24.8. The third kappa shape index (κ3) is 11.4. The molecule has 0 aromatic heterocycles. The van der Waals surface area contributed by atoms with Gasteiger partial charge in [0.25, 0.3) is 0 Å². The lowest BCUT2D eigenvalue weighted by Crippen LogP contribution is -1.99. The minimum atomic E-state index is -0.865. The first-order chi connectivity index (χ1) is 21.2. The molecule has 224 valence electrons. The molecule has 4 aromatic rings. The SMILES string of the molecule is CC.O=C(O)Cc1ccc(/C=C/c2cc(/C=C/c3ccc(CC(=O)O)cc3)cc(/C=C/c3ccc(CC(=O)O)cc3)c2)cc1. The Labute approximate surface area is 258 Å². The van der Waals surface area contributed by atoms with Gasteiger partial charge in [-0.25, -0.2) is 0 Å². The quantitative estimate of drug-likeness (QED) is 0.144. The lowest BCUT2D eigenvalue weighted by Gasteiger charge is -2.04. The summed E-state index contributed by atoms with van der Waals surface area (Å²) in [6, 6.07) is 28.4. The van der Waals surface area contributed by atoms with E-state index in [1.54, 1.807) is 0 Å². The van der Waals surface area contributed by atoms with Crippen molar-refractivity contribution in [1.82, 2.24) is 0 Å². The van der Waals surface area contributed by atoms with Gasteiger partial charge in [0, 0.05) is 0 Å². The van der Waals surface area contributed by atoms with Gasteiger partial charge in [-0.3, -0.25) is 14.4 Å². The first kappa shape index (κ1) is 33.0. The lowest BCUT2D eigenvalue weighted by molar-refractivity contribution is -0.137. The molecule has 0 saturated heterocycles. The Morgan fingerprint density at radius 1 is 0.409 bits per heavy atom. The van der Waals surface area contributed by atoms with E-state index < -0.39 is 17.9 Å². The fourth-order valence-electron chi connectivity index (χ4n) is 4.33. The van der Waals surface area contributed by atoms with Gasteiger partial charge in [-0.05, 0) is 68.3 Å². The van der Waals surface area contributed by atoms with E-state index in [4.69, 9.17) is 15.3 Å². The third-order valence-corrected chi connectivity index (χ3v) is 6.41. The first-order valence-corrected chi connectivity index (χ1v) is 14.3. The molecule has 0 radical (unpaired) electrons. The van der Waals surface area contributed by atoms with Gasteiger partial charge in [-0.1, -0.05) is 123 Å². The van der Waals surface area contributed by atoms with E-state index in [1.807, 2.05) is 123 Å². The van der Waals surface area contributed by atoms with Crippen molar-refractivity contribution in [3.05, 3.63) is 141 Å². The average molecular weight is 589 g/mol. The molecule has 4 aromatic carbocycles. The maximum absolute atomic E-state index is 11.0. The topological polar surface area (TPSA) is 112 Å². The van der Waals surface area contributed by atoms with Gasteiger partial charge in [-0.15, -0.1) is 0 Å². The lowest BCUT2D eigenvalue weighted by atomic mass is 10.0. The van der Waals surface area contributed by atoms with Crippen molar-refractivity contribution in [2.24, 2.45) is 0 Å². The molecule has 0 aliphatic carbocycles. The van der Waals surface area contributed by atoms with Crippen molar-refractivity contribution in [3.8, 4) is 0 Å². The summed E-state index contributed by atoms with van der Waals surface area (Å²) >= 11 is 0. The van der Waals surface area contributed by atoms with Crippen LogP contribution in [0, 0.1) is 0 Å².